The number of benzene rings is 1. The lowest BCUT2D eigenvalue weighted by Gasteiger charge is -2.04. The third-order valence-electron chi connectivity index (χ3n) is 2.17. The molecule has 0 unspecified atom stereocenters. The Balaban J connectivity index is 2.12. The van der Waals surface area contributed by atoms with Gasteiger partial charge in [0.2, 0.25) is 5.91 Å². The van der Waals surface area contributed by atoms with E-state index < -0.39 is 0 Å². The lowest BCUT2D eigenvalue weighted by molar-refractivity contribution is -0.115. The lowest BCUT2D eigenvalue weighted by Crippen LogP contribution is -2.12. The highest BCUT2D eigenvalue weighted by Crippen LogP contribution is 2.09. The molecule has 0 saturated heterocycles. The van der Waals surface area contributed by atoms with Crippen LogP contribution in [0.4, 0.5) is 5.69 Å². The number of amides is 1. The van der Waals surface area contributed by atoms with Crippen molar-refractivity contribution in [2.45, 2.75) is 26.2 Å². The summed E-state index contributed by atoms with van der Waals surface area (Å²) in [6.07, 6.45) is 3.07. The second kappa shape index (κ2) is 8.22. The fraction of sp³-hybridized carbons (Fsp3) is 0.462. The molecule has 1 aromatic carbocycles. The van der Waals surface area contributed by atoms with Gasteiger partial charge in [0, 0.05) is 17.9 Å². The third-order valence-corrected chi connectivity index (χ3v) is 3.24. The molecule has 0 aliphatic carbocycles. The zero-order valence-electron chi connectivity index (χ0n) is 9.74. The Bertz CT molecular complexity index is 300. The van der Waals surface area contributed by atoms with Crippen molar-refractivity contribution in [3.63, 3.8) is 0 Å². The lowest BCUT2D eigenvalue weighted by atomic mass is 10.3. The molecule has 0 aliphatic rings. The summed E-state index contributed by atoms with van der Waals surface area (Å²) in [5, 5.41) is 2.88. The number of anilines is 1. The molecule has 1 amide bonds. The van der Waals surface area contributed by atoms with Crippen LogP contribution in [0.2, 0.25) is 0 Å². The average molecular weight is 237 g/mol. The monoisotopic (exact) mass is 237 g/mol. The second-order valence-electron chi connectivity index (χ2n) is 3.63. The predicted octanol–water partition coefficient (Wildman–Crippen LogP) is 3.55. The highest BCUT2D eigenvalue weighted by molar-refractivity contribution is 7.99. The van der Waals surface area contributed by atoms with Crippen molar-refractivity contribution in [1.29, 1.82) is 0 Å². The van der Waals surface area contributed by atoms with Gasteiger partial charge in [0.05, 0.1) is 0 Å². The van der Waals surface area contributed by atoms with Crippen LogP contribution in [0.3, 0.4) is 0 Å². The van der Waals surface area contributed by atoms with Gasteiger partial charge in [-0.15, -0.1) is 0 Å². The number of carbonyl (C=O) groups is 1. The zero-order chi connectivity index (χ0) is 11.6. The van der Waals surface area contributed by atoms with Crippen LogP contribution in [-0.4, -0.2) is 17.4 Å². The van der Waals surface area contributed by atoms with Gasteiger partial charge in [-0.2, -0.15) is 11.8 Å². The highest BCUT2D eigenvalue weighted by Gasteiger charge is 2.01. The molecule has 0 spiro atoms. The largest absolute Gasteiger partial charge is 0.326 e. The molecule has 0 atom stereocenters. The Kier molecular flexibility index (Phi) is 6.74. The SMILES string of the molecule is CCCCSCCC(=O)Nc1ccccc1. The quantitative estimate of drug-likeness (QED) is 0.735. The maximum absolute atomic E-state index is 11.5. The van der Waals surface area contributed by atoms with Crippen molar-refractivity contribution in [3.05, 3.63) is 30.3 Å². The van der Waals surface area contributed by atoms with Crippen LogP contribution in [0, 0.1) is 0 Å². The number of thioether (sulfide) groups is 1. The van der Waals surface area contributed by atoms with E-state index in [0.29, 0.717) is 6.42 Å². The molecule has 0 radical (unpaired) electrons. The number of hydrogen-bond donors (Lipinski definition) is 1. The zero-order valence-corrected chi connectivity index (χ0v) is 10.6. The highest BCUT2D eigenvalue weighted by atomic mass is 32.2. The first kappa shape index (κ1) is 13.1. The van der Waals surface area contributed by atoms with Gasteiger partial charge >= 0.3 is 0 Å². The third kappa shape index (κ3) is 5.81. The van der Waals surface area contributed by atoms with E-state index in [0.717, 1.165) is 17.2 Å². The van der Waals surface area contributed by atoms with Gasteiger partial charge in [-0.05, 0) is 24.3 Å². The van der Waals surface area contributed by atoms with Crippen molar-refractivity contribution in [3.8, 4) is 0 Å². The molecule has 1 N–H and O–H groups in total. The van der Waals surface area contributed by atoms with E-state index >= 15 is 0 Å². The molecule has 0 saturated carbocycles. The molecule has 0 fully saturated rings. The standard InChI is InChI=1S/C13H19NOS/c1-2-3-10-16-11-9-13(15)14-12-7-5-4-6-8-12/h4-8H,2-3,9-11H2,1H3,(H,14,15). The average Bonchev–Trinajstić information content (AvgIpc) is 2.30. The van der Waals surface area contributed by atoms with E-state index in [4.69, 9.17) is 0 Å². The van der Waals surface area contributed by atoms with Gasteiger partial charge in [0.15, 0.2) is 0 Å². The molecule has 2 nitrogen and oxygen atoms in total. The summed E-state index contributed by atoms with van der Waals surface area (Å²) in [5.41, 5.74) is 0.881. The molecule has 16 heavy (non-hydrogen) atoms. The number of rotatable bonds is 7. The fourth-order valence-electron chi connectivity index (χ4n) is 1.26. The number of carbonyl (C=O) groups excluding carboxylic acids is 1. The first-order valence-corrected chi connectivity index (χ1v) is 6.91. The molecule has 0 heterocycles. The summed E-state index contributed by atoms with van der Waals surface area (Å²) in [5.74, 6) is 2.18. The van der Waals surface area contributed by atoms with Crippen molar-refractivity contribution in [1.82, 2.24) is 0 Å². The van der Waals surface area contributed by atoms with Gasteiger partial charge < -0.3 is 5.32 Å². The molecule has 0 aliphatic heterocycles. The van der Waals surface area contributed by atoms with Crippen LogP contribution >= 0.6 is 11.8 Å². The summed E-state index contributed by atoms with van der Waals surface area (Å²) < 4.78 is 0. The van der Waals surface area contributed by atoms with Crippen LogP contribution < -0.4 is 5.32 Å². The minimum atomic E-state index is 0.107. The number of para-hydroxylation sites is 1. The fourth-order valence-corrected chi connectivity index (χ4v) is 2.28. The predicted molar refractivity (Wildman–Crippen MR) is 71.9 cm³/mol. The molecule has 0 bridgehead atoms. The van der Waals surface area contributed by atoms with Crippen LogP contribution in [-0.2, 0) is 4.79 Å². The van der Waals surface area contributed by atoms with Crippen LogP contribution in [0.15, 0.2) is 30.3 Å². The van der Waals surface area contributed by atoms with Gasteiger partial charge in [0.25, 0.3) is 0 Å². The number of unbranched alkanes of at least 4 members (excludes halogenated alkanes) is 1. The van der Waals surface area contributed by atoms with E-state index in [1.54, 1.807) is 0 Å². The van der Waals surface area contributed by atoms with Crippen molar-refractivity contribution in [2.75, 3.05) is 16.8 Å². The van der Waals surface area contributed by atoms with Crippen LogP contribution in [0.1, 0.15) is 26.2 Å². The van der Waals surface area contributed by atoms with Gasteiger partial charge in [-0.3, -0.25) is 4.79 Å². The van der Waals surface area contributed by atoms with Crippen LogP contribution in [0.25, 0.3) is 0 Å². The first-order valence-electron chi connectivity index (χ1n) is 5.75. The molecule has 3 heteroatoms. The summed E-state index contributed by atoms with van der Waals surface area (Å²) in [6.45, 7) is 2.18. The molecule has 1 rings (SSSR count). The maximum Gasteiger partial charge on any atom is 0.225 e. The Morgan fingerprint density at radius 2 is 2.00 bits per heavy atom. The van der Waals surface area contributed by atoms with Crippen molar-refractivity contribution in [2.24, 2.45) is 0 Å². The summed E-state index contributed by atoms with van der Waals surface area (Å²) in [4.78, 5) is 11.5. The van der Waals surface area contributed by atoms with Gasteiger partial charge in [0.1, 0.15) is 0 Å². The topological polar surface area (TPSA) is 29.1 Å². The van der Waals surface area contributed by atoms with E-state index in [2.05, 4.69) is 12.2 Å². The maximum atomic E-state index is 11.5. The molecule has 88 valence electrons. The normalized spacial score (nSPS) is 10.1. The second-order valence-corrected chi connectivity index (χ2v) is 4.85. The van der Waals surface area contributed by atoms with Gasteiger partial charge in [-0.25, -0.2) is 0 Å². The molecular formula is C13H19NOS. The van der Waals surface area contributed by atoms with E-state index in [1.165, 1.54) is 12.8 Å². The van der Waals surface area contributed by atoms with Crippen molar-refractivity contribution >= 4 is 23.4 Å². The summed E-state index contributed by atoms with van der Waals surface area (Å²) in [7, 11) is 0. The minimum absolute atomic E-state index is 0.107. The molecule has 1 aromatic rings. The van der Waals surface area contributed by atoms with E-state index in [9.17, 15) is 4.79 Å². The Labute approximate surface area is 102 Å². The van der Waals surface area contributed by atoms with E-state index in [-0.39, 0.29) is 5.91 Å². The summed E-state index contributed by atoms with van der Waals surface area (Å²) in [6, 6.07) is 9.59. The smallest absolute Gasteiger partial charge is 0.225 e. The number of hydrogen-bond acceptors (Lipinski definition) is 2. The minimum Gasteiger partial charge on any atom is -0.326 e. The Morgan fingerprint density at radius 3 is 2.69 bits per heavy atom. The van der Waals surface area contributed by atoms with Crippen molar-refractivity contribution < 1.29 is 4.79 Å². The van der Waals surface area contributed by atoms with Crippen LogP contribution in [0.5, 0.6) is 0 Å². The van der Waals surface area contributed by atoms with E-state index in [1.807, 2.05) is 42.1 Å². The van der Waals surface area contributed by atoms with Gasteiger partial charge in [-0.1, -0.05) is 31.5 Å². The first-order chi connectivity index (χ1) is 7.83. The number of nitrogens with one attached hydrogen (secondary N) is 1. The Hall–Kier alpha value is -0.960. The molecular weight excluding hydrogens is 218 g/mol. The molecule has 0 aromatic heterocycles. The Morgan fingerprint density at radius 1 is 1.25 bits per heavy atom. The summed E-state index contributed by atoms with van der Waals surface area (Å²) >= 11 is 1.86.